The average molecular weight is 983 g/mol. The molecule has 71 heavy (non-hydrogen) atoms. The van der Waals surface area contributed by atoms with Gasteiger partial charge in [-0.25, -0.2) is 15.0 Å². The number of fused-ring (bicyclic) bond motifs is 2. The van der Waals surface area contributed by atoms with Gasteiger partial charge in [0.05, 0.1) is 33.6 Å². The quantitative estimate of drug-likeness (QED) is 0.0961. The number of aromatic hydroxyl groups is 1. The van der Waals surface area contributed by atoms with Crippen molar-refractivity contribution in [3.63, 3.8) is 0 Å². The highest BCUT2D eigenvalue weighted by Gasteiger charge is 2.46. The lowest BCUT2D eigenvalue weighted by Crippen LogP contribution is -2.58. The topological polar surface area (TPSA) is 219 Å². The third kappa shape index (κ3) is 10.3. The Labute approximate surface area is 419 Å². The van der Waals surface area contributed by atoms with Crippen LogP contribution >= 0.6 is 11.3 Å². The number of aliphatic hydroxyl groups is 1. The fraction of sp³-hybridized carbons (Fsp3) is 0.509. The summed E-state index contributed by atoms with van der Waals surface area (Å²) in [4.78, 5) is 65.4. The van der Waals surface area contributed by atoms with Crippen molar-refractivity contribution in [2.75, 3.05) is 48.3 Å². The van der Waals surface area contributed by atoms with E-state index in [9.17, 15) is 24.6 Å². The zero-order valence-corrected chi connectivity index (χ0v) is 41.9. The van der Waals surface area contributed by atoms with Crippen molar-refractivity contribution in [1.29, 1.82) is 0 Å². The van der Waals surface area contributed by atoms with Crippen molar-refractivity contribution in [3.05, 3.63) is 89.3 Å². The molecule has 2 bridgehead atoms. The second-order valence-electron chi connectivity index (χ2n) is 21.5. The Balaban J connectivity index is 0.673. The third-order valence-corrected chi connectivity index (χ3v) is 16.6. The molecule has 3 unspecified atom stereocenters. The van der Waals surface area contributed by atoms with Gasteiger partial charge in [-0.1, -0.05) is 57.2 Å². The first-order valence-electron chi connectivity index (χ1n) is 25.2. The Morgan fingerprint density at radius 2 is 1.59 bits per heavy atom. The number of nitrogens with two attached hydrogens (primary N) is 1. The van der Waals surface area contributed by atoms with Crippen LogP contribution in [0.15, 0.2) is 72.5 Å². The number of hydrogen-bond donors (Lipinski definition) is 5. The number of benzene rings is 2. The van der Waals surface area contributed by atoms with E-state index in [4.69, 9.17) is 15.7 Å². The molecule has 5 atom stereocenters. The molecule has 0 spiro atoms. The van der Waals surface area contributed by atoms with E-state index in [2.05, 4.69) is 40.5 Å². The number of nitrogen functional groups attached to an aromatic ring is 1. The molecule has 0 radical (unpaired) electrons. The van der Waals surface area contributed by atoms with Gasteiger partial charge in [0.25, 0.3) is 0 Å². The van der Waals surface area contributed by atoms with Crippen LogP contribution in [-0.2, 0) is 20.9 Å². The normalized spacial score (nSPS) is 24.2. The van der Waals surface area contributed by atoms with Gasteiger partial charge in [0.15, 0.2) is 5.82 Å². The maximum absolute atomic E-state index is 14.2. The number of piperazine rings is 1. The zero-order chi connectivity index (χ0) is 49.6. The maximum Gasteiger partial charge on any atom is 0.246 e. The summed E-state index contributed by atoms with van der Waals surface area (Å²) in [6.45, 7) is 11.5. The summed E-state index contributed by atoms with van der Waals surface area (Å²) in [5.74, 6) is 1.09. The first-order valence-corrected chi connectivity index (χ1v) is 26.1. The molecule has 5 aromatic rings. The van der Waals surface area contributed by atoms with E-state index in [1.54, 1.807) is 23.5 Å². The molecule has 5 fully saturated rings. The van der Waals surface area contributed by atoms with Gasteiger partial charge in [-0.3, -0.25) is 14.4 Å². The van der Waals surface area contributed by atoms with E-state index in [0.717, 1.165) is 98.0 Å². The number of rotatable bonds is 13. The number of phenols is 1. The van der Waals surface area contributed by atoms with Gasteiger partial charge in [-0.15, -0.1) is 21.5 Å². The van der Waals surface area contributed by atoms with Crippen LogP contribution in [0.3, 0.4) is 0 Å². The molecule has 18 heteroatoms. The van der Waals surface area contributed by atoms with Crippen LogP contribution in [0.1, 0.15) is 94.9 Å². The summed E-state index contributed by atoms with van der Waals surface area (Å²) in [7, 11) is 0. The molecule has 10 rings (SSSR count). The fourth-order valence-electron chi connectivity index (χ4n) is 11.6. The molecule has 374 valence electrons. The number of hydrogen-bond acceptors (Lipinski definition) is 15. The van der Waals surface area contributed by atoms with Crippen molar-refractivity contribution in [2.45, 2.75) is 128 Å². The summed E-state index contributed by atoms with van der Waals surface area (Å²) in [5, 5.41) is 35.7. The Hall–Kier alpha value is -6.24. The van der Waals surface area contributed by atoms with E-state index >= 15 is 0 Å². The summed E-state index contributed by atoms with van der Waals surface area (Å²) >= 11 is 1.59. The number of anilines is 3. The second-order valence-corrected chi connectivity index (χ2v) is 22.3. The van der Waals surface area contributed by atoms with Crippen LogP contribution in [0.25, 0.3) is 21.7 Å². The minimum Gasteiger partial charge on any atom is -0.507 e. The molecule has 17 nitrogen and oxygen atoms in total. The summed E-state index contributed by atoms with van der Waals surface area (Å²) < 4.78 is 0. The number of aliphatic hydroxyl groups excluding tert-OH is 1. The Kier molecular flexibility index (Phi) is 13.7. The van der Waals surface area contributed by atoms with Crippen molar-refractivity contribution in [1.82, 2.24) is 45.6 Å². The molecule has 6 N–H and O–H groups in total. The van der Waals surface area contributed by atoms with Gasteiger partial charge in [-0.05, 0) is 111 Å². The number of nitrogens with zero attached hydrogens (tertiary/aromatic N) is 9. The van der Waals surface area contributed by atoms with Crippen molar-refractivity contribution >= 4 is 46.5 Å². The van der Waals surface area contributed by atoms with E-state index < -0.39 is 23.6 Å². The molecule has 1 saturated carbocycles. The summed E-state index contributed by atoms with van der Waals surface area (Å²) in [6, 6.07) is 16.2. The predicted molar refractivity (Wildman–Crippen MR) is 273 cm³/mol. The van der Waals surface area contributed by atoms with E-state index in [-0.39, 0.29) is 61.0 Å². The van der Waals surface area contributed by atoms with Gasteiger partial charge in [-0.2, -0.15) is 0 Å². The number of para-hydroxylation sites is 1. The second kappa shape index (κ2) is 20.1. The molecule has 1 aliphatic carbocycles. The SMILES string of the molecule is Cc1ncsc1-c1ccc(CNC(=O)[C@@H]2C[C@@H](O)CN2C(=O)C(NC(=O)CC2CC(N3CCC(c4cnc(N5C6CCC5CN(c5cc(-c7ccccc7O)nnc5N)C6)nc4)CC3)C2)C(C)(C)C)cc1. The number of nitrogens with one attached hydrogen (secondary N) is 2. The van der Waals surface area contributed by atoms with Gasteiger partial charge >= 0.3 is 0 Å². The molecular formula is C53H66N12O5S. The fourth-order valence-corrected chi connectivity index (χ4v) is 12.4. The van der Waals surface area contributed by atoms with Crippen LogP contribution < -0.4 is 26.2 Å². The van der Waals surface area contributed by atoms with Crippen LogP contribution in [0.2, 0.25) is 0 Å². The number of amides is 3. The number of piperidine rings is 1. The number of phenolic OH excluding ortho intramolecular Hbond substituents is 1. The summed E-state index contributed by atoms with van der Waals surface area (Å²) in [6.07, 6.45) is 9.72. The number of carbonyl (C=O) groups is 3. The number of aryl methyl sites for hydroxylation is 1. The van der Waals surface area contributed by atoms with Crippen molar-refractivity contribution in [3.8, 4) is 27.4 Å². The number of aromatic nitrogens is 5. The van der Waals surface area contributed by atoms with E-state index in [1.807, 2.05) is 88.1 Å². The molecule has 3 amide bonds. The predicted octanol–water partition coefficient (Wildman–Crippen LogP) is 5.67. The Bertz CT molecular complexity index is 2700. The highest BCUT2D eigenvalue weighted by Crippen LogP contribution is 2.41. The zero-order valence-electron chi connectivity index (χ0n) is 41.1. The van der Waals surface area contributed by atoms with Gasteiger partial charge in [0.2, 0.25) is 23.7 Å². The lowest BCUT2D eigenvalue weighted by molar-refractivity contribution is -0.144. The number of carbonyl (C=O) groups excluding carboxylic acids is 3. The molecule has 4 saturated heterocycles. The standard InChI is InChI=1S/C53H66N12O5S/c1-31-47(71-30-58-31)35-11-9-32(10-12-35)24-55-50(69)44-22-40(66)29-64(44)51(70)48(53(2,3)4)59-46(68)21-33-19-39(20-33)62-17-15-34(16-18-62)36-25-56-52(57-26-36)65-37-13-14-38(65)28-63(27-37)43-23-42(60-61-49(43)54)41-7-5-6-8-45(41)67/h5-12,23,25-26,30,33-34,37-40,44,48,66-67H,13-22,24,27-29H2,1-4H3,(H2,54,61)(H,55,69)(H,59,68)/t33?,37?,38?,39?,40-,44+,48?/m1/s1. The van der Waals surface area contributed by atoms with Crippen molar-refractivity contribution in [2.24, 2.45) is 11.3 Å². The van der Waals surface area contributed by atoms with Gasteiger partial charge < -0.3 is 46.2 Å². The molecule has 4 aliphatic heterocycles. The number of likely N-dealkylation sites (tertiary alicyclic amines) is 2. The van der Waals surface area contributed by atoms with E-state index in [0.29, 0.717) is 35.5 Å². The molecule has 3 aromatic heterocycles. The van der Waals surface area contributed by atoms with Crippen LogP contribution in [0, 0.1) is 18.3 Å². The highest BCUT2D eigenvalue weighted by atomic mass is 32.1. The smallest absolute Gasteiger partial charge is 0.246 e. The highest BCUT2D eigenvalue weighted by molar-refractivity contribution is 7.13. The largest absolute Gasteiger partial charge is 0.507 e. The molecule has 5 aliphatic rings. The van der Waals surface area contributed by atoms with Crippen LogP contribution in [-0.4, -0.2) is 132 Å². The number of β-amino-alcohol motifs (C(OH)–C–C–N with tert-alkyl or cyclic N) is 1. The minimum absolute atomic E-state index is 0.0364. The monoisotopic (exact) mass is 982 g/mol. The average Bonchev–Trinajstić information content (AvgIpc) is 4.04. The Morgan fingerprint density at radius 3 is 2.25 bits per heavy atom. The van der Waals surface area contributed by atoms with Crippen molar-refractivity contribution < 1.29 is 24.6 Å². The third-order valence-electron chi connectivity index (χ3n) is 15.6. The van der Waals surface area contributed by atoms with Crippen LogP contribution in [0.4, 0.5) is 17.5 Å². The maximum atomic E-state index is 14.2. The lowest BCUT2D eigenvalue weighted by atomic mass is 9.76. The van der Waals surface area contributed by atoms with Gasteiger partial charge in [0.1, 0.15) is 17.8 Å². The summed E-state index contributed by atoms with van der Waals surface area (Å²) in [5.41, 5.74) is 13.8. The van der Waals surface area contributed by atoms with E-state index in [1.165, 1.54) is 10.5 Å². The molecular weight excluding hydrogens is 917 g/mol. The first-order chi connectivity index (χ1) is 34.2. The lowest BCUT2D eigenvalue weighted by Gasteiger charge is -2.46. The molecule has 2 aromatic carbocycles. The van der Waals surface area contributed by atoms with Crippen LogP contribution in [0.5, 0.6) is 5.75 Å². The number of thiazole rings is 1. The van der Waals surface area contributed by atoms with Gasteiger partial charge in [0, 0.05) is 75.1 Å². The Morgan fingerprint density at radius 1 is 0.887 bits per heavy atom. The first kappa shape index (κ1) is 48.4. The minimum atomic E-state index is -0.853. The molecule has 7 heterocycles.